The summed E-state index contributed by atoms with van der Waals surface area (Å²) < 4.78 is 15.4. The summed E-state index contributed by atoms with van der Waals surface area (Å²) >= 11 is 5.88. The molecule has 1 amide bonds. The first-order valence-electron chi connectivity index (χ1n) is 7.46. The van der Waals surface area contributed by atoms with Crippen LogP contribution in [-0.4, -0.2) is 22.2 Å². The molecule has 1 aromatic heterocycles. The van der Waals surface area contributed by atoms with Gasteiger partial charge >= 0.3 is 0 Å². The third-order valence-corrected chi connectivity index (χ3v) is 3.91. The third kappa shape index (κ3) is 3.63. The summed E-state index contributed by atoms with van der Waals surface area (Å²) in [6.45, 7) is 0.393. The molecule has 0 bridgehead atoms. The van der Waals surface area contributed by atoms with Crippen LogP contribution in [0.15, 0.2) is 60.9 Å². The molecule has 0 spiro atoms. The van der Waals surface area contributed by atoms with Gasteiger partial charge in [-0.1, -0.05) is 29.8 Å². The fraction of sp³-hybridized carbons (Fsp3) is 0.111. The first-order chi connectivity index (χ1) is 11.6. The summed E-state index contributed by atoms with van der Waals surface area (Å²) in [6.07, 6.45) is 4.22. The van der Waals surface area contributed by atoms with Gasteiger partial charge in [-0.2, -0.15) is 5.10 Å². The third-order valence-electron chi connectivity index (χ3n) is 3.59. The van der Waals surface area contributed by atoms with Crippen molar-refractivity contribution in [2.24, 2.45) is 0 Å². The lowest BCUT2D eigenvalue weighted by atomic mass is 10.1. The van der Waals surface area contributed by atoms with E-state index in [0.717, 1.165) is 11.3 Å². The highest BCUT2D eigenvalue weighted by atomic mass is 35.5. The molecule has 0 aliphatic rings. The number of carbonyl (C=O) groups excluding carboxylic acids is 1. The second kappa shape index (κ2) is 7.27. The highest BCUT2D eigenvalue weighted by Gasteiger charge is 2.14. The van der Waals surface area contributed by atoms with Crippen molar-refractivity contribution in [1.29, 1.82) is 0 Å². The van der Waals surface area contributed by atoms with Gasteiger partial charge in [0.2, 0.25) is 0 Å². The van der Waals surface area contributed by atoms with Crippen LogP contribution in [0.4, 0.5) is 4.39 Å². The second-order valence-electron chi connectivity index (χ2n) is 5.22. The Morgan fingerprint density at radius 2 is 1.96 bits per heavy atom. The zero-order chi connectivity index (χ0) is 16.9. The van der Waals surface area contributed by atoms with Crippen LogP contribution in [0.5, 0.6) is 0 Å². The number of rotatable bonds is 5. The van der Waals surface area contributed by atoms with Crippen molar-refractivity contribution in [1.82, 2.24) is 15.1 Å². The molecule has 1 N–H and O–H groups in total. The number of aromatic nitrogens is 2. The van der Waals surface area contributed by atoms with Gasteiger partial charge in [-0.05, 0) is 42.3 Å². The van der Waals surface area contributed by atoms with Gasteiger partial charge in [-0.25, -0.2) is 9.07 Å². The van der Waals surface area contributed by atoms with Crippen LogP contribution in [0, 0.1) is 5.82 Å². The highest BCUT2D eigenvalue weighted by Crippen LogP contribution is 2.18. The Labute approximate surface area is 143 Å². The number of halogens is 2. The molecule has 0 aliphatic heterocycles. The maximum Gasteiger partial charge on any atom is 0.255 e. The van der Waals surface area contributed by atoms with E-state index >= 15 is 0 Å². The SMILES string of the molecule is O=C(NCCc1ccc(-n2cccn2)cc1)c1c(F)cccc1Cl. The van der Waals surface area contributed by atoms with Crippen molar-refractivity contribution >= 4 is 17.5 Å². The quantitative estimate of drug-likeness (QED) is 0.769. The Morgan fingerprint density at radius 1 is 1.17 bits per heavy atom. The van der Waals surface area contributed by atoms with E-state index in [4.69, 9.17) is 11.6 Å². The van der Waals surface area contributed by atoms with Gasteiger partial charge in [-0.15, -0.1) is 0 Å². The summed E-state index contributed by atoms with van der Waals surface area (Å²) in [4.78, 5) is 12.0. The monoisotopic (exact) mass is 343 g/mol. The summed E-state index contributed by atoms with van der Waals surface area (Å²) in [5, 5.41) is 6.96. The van der Waals surface area contributed by atoms with E-state index in [1.807, 2.05) is 36.5 Å². The molecule has 0 aliphatic carbocycles. The van der Waals surface area contributed by atoms with Crippen molar-refractivity contribution in [3.63, 3.8) is 0 Å². The van der Waals surface area contributed by atoms with E-state index in [-0.39, 0.29) is 10.6 Å². The van der Waals surface area contributed by atoms with E-state index in [2.05, 4.69) is 10.4 Å². The van der Waals surface area contributed by atoms with E-state index in [1.54, 1.807) is 10.9 Å². The van der Waals surface area contributed by atoms with E-state index in [1.165, 1.54) is 18.2 Å². The van der Waals surface area contributed by atoms with Gasteiger partial charge < -0.3 is 5.32 Å². The van der Waals surface area contributed by atoms with Crippen molar-refractivity contribution in [3.05, 3.63) is 82.9 Å². The minimum Gasteiger partial charge on any atom is -0.352 e. The average Bonchev–Trinajstić information content (AvgIpc) is 3.10. The summed E-state index contributed by atoms with van der Waals surface area (Å²) in [5.41, 5.74) is 1.91. The van der Waals surface area contributed by atoms with E-state index < -0.39 is 11.7 Å². The standard InChI is InChI=1S/C18H15ClFN3O/c19-15-3-1-4-16(20)17(15)18(24)21-11-9-13-5-7-14(8-6-13)23-12-2-10-22-23/h1-8,10,12H,9,11H2,(H,21,24). The number of benzene rings is 2. The highest BCUT2D eigenvalue weighted by molar-refractivity contribution is 6.33. The molecule has 1 heterocycles. The molecule has 24 heavy (non-hydrogen) atoms. The van der Waals surface area contributed by atoms with Gasteiger partial charge in [0, 0.05) is 18.9 Å². The topological polar surface area (TPSA) is 46.9 Å². The number of nitrogens with one attached hydrogen (secondary N) is 1. The van der Waals surface area contributed by atoms with E-state index in [0.29, 0.717) is 13.0 Å². The number of amides is 1. The molecule has 0 saturated heterocycles. The molecular formula is C18H15ClFN3O. The molecule has 3 rings (SSSR count). The Hall–Kier alpha value is -2.66. The molecule has 0 unspecified atom stereocenters. The van der Waals surface area contributed by atoms with Crippen LogP contribution in [-0.2, 0) is 6.42 Å². The molecule has 3 aromatic rings. The Bertz CT molecular complexity index is 812. The predicted octanol–water partition coefficient (Wildman–Crippen LogP) is 3.64. The Morgan fingerprint density at radius 3 is 2.62 bits per heavy atom. The first-order valence-corrected chi connectivity index (χ1v) is 7.84. The minimum atomic E-state index is -0.622. The molecule has 4 nitrogen and oxygen atoms in total. The molecule has 0 saturated carbocycles. The van der Waals surface area contributed by atoms with Crippen LogP contribution in [0.2, 0.25) is 5.02 Å². The van der Waals surface area contributed by atoms with Crippen LogP contribution in [0.1, 0.15) is 15.9 Å². The number of hydrogen-bond donors (Lipinski definition) is 1. The van der Waals surface area contributed by atoms with Crippen molar-refractivity contribution in [2.45, 2.75) is 6.42 Å². The smallest absolute Gasteiger partial charge is 0.255 e. The van der Waals surface area contributed by atoms with Gasteiger partial charge in [0.25, 0.3) is 5.91 Å². The zero-order valence-corrected chi connectivity index (χ0v) is 13.5. The first kappa shape index (κ1) is 16.2. The number of nitrogens with zero attached hydrogens (tertiary/aromatic N) is 2. The molecule has 6 heteroatoms. The molecule has 2 aromatic carbocycles. The van der Waals surface area contributed by atoms with E-state index in [9.17, 15) is 9.18 Å². The second-order valence-corrected chi connectivity index (χ2v) is 5.63. The summed E-state index contributed by atoms with van der Waals surface area (Å²) in [6, 6.07) is 13.9. The lowest BCUT2D eigenvalue weighted by molar-refractivity contribution is 0.0950. The Balaban J connectivity index is 1.57. The molecule has 0 atom stereocenters. The molecule has 0 radical (unpaired) electrons. The lowest BCUT2D eigenvalue weighted by Gasteiger charge is -2.08. The largest absolute Gasteiger partial charge is 0.352 e. The van der Waals surface area contributed by atoms with Crippen molar-refractivity contribution in [2.75, 3.05) is 6.54 Å². The van der Waals surface area contributed by atoms with Crippen molar-refractivity contribution < 1.29 is 9.18 Å². The van der Waals surface area contributed by atoms with Gasteiger partial charge in [-0.3, -0.25) is 4.79 Å². The fourth-order valence-corrected chi connectivity index (χ4v) is 2.61. The van der Waals surface area contributed by atoms with Crippen LogP contribution >= 0.6 is 11.6 Å². The average molecular weight is 344 g/mol. The zero-order valence-electron chi connectivity index (χ0n) is 12.7. The predicted molar refractivity (Wildman–Crippen MR) is 91.0 cm³/mol. The molecule has 0 fully saturated rings. The molecular weight excluding hydrogens is 329 g/mol. The number of hydrogen-bond acceptors (Lipinski definition) is 2. The summed E-state index contributed by atoms with van der Waals surface area (Å²) in [5.74, 6) is -1.13. The minimum absolute atomic E-state index is 0.107. The van der Waals surface area contributed by atoms with Gasteiger partial charge in [0.05, 0.1) is 16.3 Å². The maximum atomic E-state index is 13.7. The fourth-order valence-electron chi connectivity index (χ4n) is 2.36. The number of carbonyl (C=O) groups is 1. The maximum absolute atomic E-state index is 13.7. The Kier molecular flexibility index (Phi) is 4.91. The molecule has 122 valence electrons. The summed E-state index contributed by atoms with van der Waals surface area (Å²) in [7, 11) is 0. The van der Waals surface area contributed by atoms with Gasteiger partial charge in [0.15, 0.2) is 0 Å². The van der Waals surface area contributed by atoms with Crippen LogP contribution in [0.25, 0.3) is 5.69 Å². The van der Waals surface area contributed by atoms with Gasteiger partial charge in [0.1, 0.15) is 5.82 Å². The van der Waals surface area contributed by atoms with Crippen LogP contribution in [0.3, 0.4) is 0 Å². The normalized spacial score (nSPS) is 10.6. The van der Waals surface area contributed by atoms with Crippen LogP contribution < -0.4 is 5.32 Å². The van der Waals surface area contributed by atoms with Crippen molar-refractivity contribution in [3.8, 4) is 5.69 Å². The lowest BCUT2D eigenvalue weighted by Crippen LogP contribution is -2.26.